The van der Waals surface area contributed by atoms with Crippen LogP contribution in [0.4, 0.5) is 0 Å². The minimum Gasteiger partial charge on any atom is -0.508 e. The van der Waals surface area contributed by atoms with E-state index in [1.54, 1.807) is 24.4 Å². The fourth-order valence-corrected chi connectivity index (χ4v) is 2.44. The zero-order chi connectivity index (χ0) is 16.6. The molecule has 7 nitrogen and oxygen atoms in total. The molecule has 23 heavy (non-hydrogen) atoms. The number of rotatable bonds is 3. The molecule has 2 heterocycles. The van der Waals surface area contributed by atoms with Crippen LogP contribution in [0.25, 0.3) is 17.1 Å². The number of hydrogen-bond acceptors (Lipinski definition) is 5. The highest BCUT2D eigenvalue weighted by Gasteiger charge is 2.19. The van der Waals surface area contributed by atoms with Gasteiger partial charge in [-0.25, -0.2) is 14.5 Å². The number of aromatic amines is 1. The number of nitrogens with one attached hydrogen (secondary N) is 1. The molecular weight excluding hydrogens is 296 g/mol. The number of benzene rings is 1. The lowest BCUT2D eigenvalue weighted by Crippen LogP contribution is -2.15. The first kappa shape index (κ1) is 14.8. The molecule has 0 fully saturated rings. The van der Waals surface area contributed by atoms with Crippen LogP contribution in [0.3, 0.4) is 0 Å². The van der Waals surface area contributed by atoms with Crippen molar-refractivity contribution in [1.29, 1.82) is 0 Å². The number of hydrogen-bond donors (Lipinski definition) is 3. The van der Waals surface area contributed by atoms with Gasteiger partial charge in [0.25, 0.3) is 0 Å². The molecule has 0 aliphatic heterocycles. The Morgan fingerprint density at radius 1 is 1.22 bits per heavy atom. The Balaban J connectivity index is 2.25. The molecule has 0 unspecified atom stereocenters. The molecule has 0 aliphatic carbocycles. The lowest BCUT2D eigenvalue weighted by molar-refractivity contribution is 0.444. The second kappa shape index (κ2) is 5.60. The van der Waals surface area contributed by atoms with Gasteiger partial charge in [-0.3, -0.25) is 4.98 Å². The fraction of sp³-hybridized carbons (Fsp3) is 0.188. The van der Waals surface area contributed by atoms with Crippen LogP contribution in [-0.2, 0) is 0 Å². The van der Waals surface area contributed by atoms with Gasteiger partial charge in [0.15, 0.2) is 5.82 Å². The molecule has 3 aromatic rings. The van der Waals surface area contributed by atoms with E-state index in [0.29, 0.717) is 16.8 Å². The van der Waals surface area contributed by atoms with E-state index in [-0.39, 0.29) is 23.2 Å². The largest absolute Gasteiger partial charge is 0.508 e. The van der Waals surface area contributed by atoms with Crippen LogP contribution in [0, 0.1) is 0 Å². The molecule has 3 N–H and O–H groups in total. The Morgan fingerprint density at radius 2 is 2.00 bits per heavy atom. The molecule has 0 atom stereocenters. The normalized spacial score (nSPS) is 11.1. The van der Waals surface area contributed by atoms with Gasteiger partial charge in [0.1, 0.15) is 11.5 Å². The summed E-state index contributed by atoms with van der Waals surface area (Å²) in [5.74, 6) is 0.150. The highest BCUT2D eigenvalue weighted by atomic mass is 16.3. The second-order valence-electron chi connectivity index (χ2n) is 5.48. The van der Waals surface area contributed by atoms with Crippen LogP contribution in [-0.4, -0.2) is 30.0 Å². The van der Waals surface area contributed by atoms with Crippen molar-refractivity contribution < 1.29 is 10.2 Å². The summed E-state index contributed by atoms with van der Waals surface area (Å²) in [6.45, 7) is 3.85. The summed E-state index contributed by atoms with van der Waals surface area (Å²) in [5.41, 5.74) is 1.10. The molecule has 2 aromatic heterocycles. The number of phenolic OH excluding ortho intramolecular Hbond substituents is 2. The zero-order valence-corrected chi connectivity index (χ0v) is 12.7. The molecule has 0 spiro atoms. The third-order valence-corrected chi connectivity index (χ3v) is 3.58. The number of aromatic hydroxyl groups is 2. The van der Waals surface area contributed by atoms with Gasteiger partial charge in [-0.2, -0.15) is 5.10 Å². The van der Waals surface area contributed by atoms with Gasteiger partial charge in [0.05, 0.1) is 17.4 Å². The van der Waals surface area contributed by atoms with Crippen molar-refractivity contribution in [1.82, 2.24) is 19.7 Å². The Morgan fingerprint density at radius 3 is 2.65 bits per heavy atom. The topological polar surface area (TPSA) is 104 Å². The maximum atomic E-state index is 12.1. The number of aromatic nitrogens is 4. The first-order chi connectivity index (χ1) is 11.0. The molecule has 1 aromatic carbocycles. The lowest BCUT2D eigenvalue weighted by Gasteiger charge is -2.13. The molecule has 0 saturated carbocycles. The summed E-state index contributed by atoms with van der Waals surface area (Å²) in [6.07, 6.45) is 3.13. The monoisotopic (exact) mass is 312 g/mol. The Bertz CT molecular complexity index is 897. The Hall–Kier alpha value is -3.09. The minimum absolute atomic E-state index is 0.00654. The predicted molar refractivity (Wildman–Crippen MR) is 84.8 cm³/mol. The van der Waals surface area contributed by atoms with Crippen LogP contribution in [0.1, 0.15) is 25.3 Å². The van der Waals surface area contributed by atoms with Gasteiger partial charge in [0, 0.05) is 12.3 Å². The smallest absolute Gasteiger partial charge is 0.348 e. The molecule has 0 radical (unpaired) electrons. The van der Waals surface area contributed by atoms with Gasteiger partial charge >= 0.3 is 5.69 Å². The number of H-pyrrole nitrogens is 1. The van der Waals surface area contributed by atoms with E-state index in [4.69, 9.17) is 0 Å². The van der Waals surface area contributed by atoms with Gasteiger partial charge in [-0.05, 0) is 29.7 Å². The van der Waals surface area contributed by atoms with E-state index in [0.717, 1.165) is 0 Å². The number of pyridine rings is 1. The second-order valence-corrected chi connectivity index (χ2v) is 5.48. The highest BCUT2D eigenvalue weighted by Crippen LogP contribution is 2.37. The van der Waals surface area contributed by atoms with Crippen LogP contribution in [0.2, 0.25) is 0 Å². The Labute approximate surface area is 131 Å². The lowest BCUT2D eigenvalue weighted by atomic mass is 9.98. The molecule has 0 bridgehead atoms. The quantitative estimate of drug-likeness (QED) is 0.687. The summed E-state index contributed by atoms with van der Waals surface area (Å²) in [7, 11) is 0. The average molecular weight is 312 g/mol. The van der Waals surface area contributed by atoms with Gasteiger partial charge in [-0.15, -0.1) is 0 Å². The van der Waals surface area contributed by atoms with E-state index in [1.807, 2.05) is 13.8 Å². The van der Waals surface area contributed by atoms with E-state index in [9.17, 15) is 15.0 Å². The van der Waals surface area contributed by atoms with Gasteiger partial charge in [0.2, 0.25) is 0 Å². The number of phenols is 2. The van der Waals surface area contributed by atoms with Crippen molar-refractivity contribution in [3.8, 4) is 28.6 Å². The maximum absolute atomic E-state index is 12.1. The van der Waals surface area contributed by atoms with Crippen molar-refractivity contribution >= 4 is 0 Å². The van der Waals surface area contributed by atoms with Crippen LogP contribution in [0.15, 0.2) is 41.5 Å². The fourth-order valence-electron chi connectivity index (χ4n) is 2.44. The summed E-state index contributed by atoms with van der Waals surface area (Å²) < 4.78 is 1.32. The van der Waals surface area contributed by atoms with E-state index in [2.05, 4.69) is 15.2 Å². The van der Waals surface area contributed by atoms with Gasteiger partial charge < -0.3 is 10.2 Å². The van der Waals surface area contributed by atoms with Crippen molar-refractivity contribution in [3.63, 3.8) is 0 Å². The molecule has 118 valence electrons. The average Bonchev–Trinajstić information content (AvgIpc) is 2.89. The van der Waals surface area contributed by atoms with Crippen molar-refractivity contribution in [3.05, 3.63) is 52.7 Å². The molecule has 7 heteroatoms. The molecule has 0 amide bonds. The third kappa shape index (κ3) is 2.57. The minimum atomic E-state index is -0.438. The molecule has 0 saturated heterocycles. The van der Waals surface area contributed by atoms with Crippen LogP contribution in [0.5, 0.6) is 11.5 Å². The maximum Gasteiger partial charge on any atom is 0.348 e. The standard InChI is InChI=1S/C16H16N4O3/c1-9(2)11-6-12(14(22)7-13(11)21)15-18-19-16(23)20(15)10-4-3-5-17-8-10/h3-9,21-22H,1-2H3,(H,19,23). The Kier molecular flexibility index (Phi) is 3.61. The number of nitrogens with zero attached hydrogens (tertiary/aromatic N) is 3. The van der Waals surface area contributed by atoms with Crippen molar-refractivity contribution in [2.45, 2.75) is 19.8 Å². The predicted octanol–water partition coefficient (Wildman–Crippen LogP) is 2.16. The first-order valence-corrected chi connectivity index (χ1v) is 7.13. The molecular formula is C16H16N4O3. The highest BCUT2D eigenvalue weighted by molar-refractivity contribution is 5.69. The van der Waals surface area contributed by atoms with Crippen molar-refractivity contribution in [2.24, 2.45) is 0 Å². The first-order valence-electron chi connectivity index (χ1n) is 7.13. The summed E-state index contributed by atoms with van der Waals surface area (Å²) in [6, 6.07) is 6.32. The molecule has 3 rings (SSSR count). The SMILES string of the molecule is CC(C)c1cc(-c2n[nH]c(=O)n2-c2cccnc2)c(O)cc1O. The summed E-state index contributed by atoms with van der Waals surface area (Å²) in [5, 5.41) is 26.5. The molecule has 0 aliphatic rings. The summed E-state index contributed by atoms with van der Waals surface area (Å²) >= 11 is 0. The zero-order valence-electron chi connectivity index (χ0n) is 12.7. The van der Waals surface area contributed by atoms with E-state index in [1.165, 1.54) is 16.8 Å². The van der Waals surface area contributed by atoms with Gasteiger partial charge in [-0.1, -0.05) is 13.8 Å². The van der Waals surface area contributed by atoms with Crippen LogP contribution >= 0.6 is 0 Å². The van der Waals surface area contributed by atoms with Crippen LogP contribution < -0.4 is 5.69 Å². The van der Waals surface area contributed by atoms with Crippen molar-refractivity contribution in [2.75, 3.05) is 0 Å². The van der Waals surface area contributed by atoms with E-state index < -0.39 is 5.69 Å². The van der Waals surface area contributed by atoms with E-state index >= 15 is 0 Å². The summed E-state index contributed by atoms with van der Waals surface area (Å²) in [4.78, 5) is 16.1. The third-order valence-electron chi connectivity index (χ3n) is 3.58.